The number of hydrogen-bond donors (Lipinski definition) is 1. The first-order chi connectivity index (χ1) is 9.98. The van der Waals surface area contributed by atoms with E-state index in [2.05, 4.69) is 9.71 Å². The Hall–Kier alpha value is -1.17. The number of nitrogens with one attached hydrogen (secondary N) is 1. The zero-order valence-electron chi connectivity index (χ0n) is 12.1. The Morgan fingerprint density at radius 3 is 2.57 bits per heavy atom. The molecule has 114 valence electrons. The largest absolute Gasteiger partial charge is 0.264 e. The average molecular weight is 327 g/mol. The second-order valence-electron chi connectivity index (χ2n) is 5.08. The third kappa shape index (κ3) is 3.20. The van der Waals surface area contributed by atoms with E-state index in [0.717, 1.165) is 5.39 Å². The lowest BCUT2D eigenvalue weighted by Gasteiger charge is -2.30. The number of fused-ring (bicyclic) bond motifs is 1. The lowest BCUT2D eigenvalue weighted by Crippen LogP contribution is -2.49. The summed E-state index contributed by atoms with van der Waals surface area (Å²) in [6, 6.07) is 6.88. The minimum absolute atomic E-state index is 0.242. The van der Waals surface area contributed by atoms with Crippen molar-refractivity contribution in [3.8, 4) is 0 Å². The van der Waals surface area contributed by atoms with Gasteiger partial charge in [0.05, 0.1) is 4.90 Å². The highest BCUT2D eigenvalue weighted by Crippen LogP contribution is 2.25. The van der Waals surface area contributed by atoms with Crippen LogP contribution >= 0.6 is 11.6 Å². The van der Waals surface area contributed by atoms with Crippen molar-refractivity contribution in [2.24, 2.45) is 0 Å². The van der Waals surface area contributed by atoms with Crippen molar-refractivity contribution < 1.29 is 8.42 Å². The van der Waals surface area contributed by atoms with Crippen molar-refractivity contribution in [1.29, 1.82) is 0 Å². The minimum Gasteiger partial charge on any atom is -0.264 e. The number of benzene rings is 1. The molecule has 1 aromatic carbocycles. The van der Waals surface area contributed by atoms with Gasteiger partial charge in [-0.25, -0.2) is 13.1 Å². The van der Waals surface area contributed by atoms with Gasteiger partial charge in [0, 0.05) is 34.6 Å². The molecule has 0 aliphatic heterocycles. The predicted octanol–water partition coefficient (Wildman–Crippen LogP) is 3.31. The lowest BCUT2D eigenvalue weighted by atomic mass is 9.97. The van der Waals surface area contributed by atoms with Gasteiger partial charge in [0.2, 0.25) is 10.0 Å². The fourth-order valence-corrected chi connectivity index (χ4v) is 4.58. The van der Waals surface area contributed by atoms with E-state index in [-0.39, 0.29) is 10.8 Å². The molecule has 2 aromatic rings. The fourth-order valence-electron chi connectivity index (χ4n) is 2.28. The number of rotatable bonds is 6. The molecule has 0 spiro atoms. The first kappa shape index (κ1) is 16.2. The molecule has 0 unspecified atom stereocenters. The number of pyridine rings is 1. The maximum absolute atomic E-state index is 12.7. The number of sulfonamides is 1. The molecule has 0 radical (unpaired) electrons. The zero-order valence-corrected chi connectivity index (χ0v) is 13.7. The van der Waals surface area contributed by atoms with Crippen LogP contribution in [-0.4, -0.2) is 24.8 Å². The van der Waals surface area contributed by atoms with E-state index < -0.39 is 15.6 Å². The molecular weight excluding hydrogens is 308 g/mol. The first-order valence-electron chi connectivity index (χ1n) is 6.90. The van der Waals surface area contributed by atoms with E-state index >= 15 is 0 Å². The molecule has 0 aliphatic rings. The van der Waals surface area contributed by atoms with Gasteiger partial charge in [0.15, 0.2) is 0 Å². The predicted molar refractivity (Wildman–Crippen MR) is 86.1 cm³/mol. The fraction of sp³-hybridized carbons (Fsp3) is 0.400. The highest BCUT2D eigenvalue weighted by Gasteiger charge is 2.32. The van der Waals surface area contributed by atoms with Crippen LogP contribution in [-0.2, 0) is 10.0 Å². The Bertz CT molecular complexity index is 714. The van der Waals surface area contributed by atoms with Crippen molar-refractivity contribution >= 4 is 32.4 Å². The first-order valence-corrected chi connectivity index (χ1v) is 8.92. The van der Waals surface area contributed by atoms with E-state index in [1.165, 1.54) is 0 Å². The van der Waals surface area contributed by atoms with Gasteiger partial charge in [-0.05, 0) is 25.0 Å². The molecule has 6 heteroatoms. The molecule has 0 fully saturated rings. The summed E-state index contributed by atoms with van der Waals surface area (Å²) in [7, 11) is -3.64. The van der Waals surface area contributed by atoms with Crippen LogP contribution in [0.1, 0.15) is 26.7 Å². The normalized spacial score (nSPS) is 12.7. The van der Waals surface area contributed by atoms with Gasteiger partial charge in [0.25, 0.3) is 0 Å². The molecular formula is C15H19ClN2O2S. The molecule has 0 aliphatic carbocycles. The Kier molecular flexibility index (Phi) is 4.86. The number of alkyl halides is 1. The van der Waals surface area contributed by atoms with Crippen LogP contribution in [0, 0.1) is 0 Å². The Morgan fingerprint density at radius 1 is 1.24 bits per heavy atom. The van der Waals surface area contributed by atoms with Gasteiger partial charge in [0.1, 0.15) is 0 Å². The summed E-state index contributed by atoms with van der Waals surface area (Å²) in [5.74, 6) is 0.242. The lowest BCUT2D eigenvalue weighted by molar-refractivity contribution is 0.394. The number of halogens is 1. The van der Waals surface area contributed by atoms with Crippen LogP contribution in [0.25, 0.3) is 10.8 Å². The molecule has 4 nitrogen and oxygen atoms in total. The summed E-state index contributed by atoms with van der Waals surface area (Å²) >= 11 is 6.00. The smallest absolute Gasteiger partial charge is 0.241 e. The second-order valence-corrected chi connectivity index (χ2v) is 7.00. The third-order valence-electron chi connectivity index (χ3n) is 3.89. The van der Waals surface area contributed by atoms with E-state index in [0.29, 0.717) is 18.2 Å². The van der Waals surface area contributed by atoms with Gasteiger partial charge in [-0.15, -0.1) is 11.6 Å². The summed E-state index contributed by atoms with van der Waals surface area (Å²) < 4.78 is 28.3. The van der Waals surface area contributed by atoms with Crippen LogP contribution in [0.4, 0.5) is 0 Å². The average Bonchev–Trinajstić information content (AvgIpc) is 2.52. The van der Waals surface area contributed by atoms with Crippen LogP contribution in [0.2, 0.25) is 0 Å². The number of aromatic nitrogens is 1. The molecule has 0 atom stereocenters. The second kappa shape index (κ2) is 6.30. The monoisotopic (exact) mass is 326 g/mol. The van der Waals surface area contributed by atoms with Crippen LogP contribution in [0.5, 0.6) is 0 Å². The van der Waals surface area contributed by atoms with Gasteiger partial charge >= 0.3 is 0 Å². The maximum Gasteiger partial charge on any atom is 0.241 e. The van der Waals surface area contributed by atoms with Crippen LogP contribution in [0.3, 0.4) is 0 Å². The Labute approximate surface area is 130 Å². The number of hydrogen-bond acceptors (Lipinski definition) is 3. The van der Waals surface area contributed by atoms with E-state index in [1.54, 1.807) is 30.6 Å². The van der Waals surface area contributed by atoms with Crippen molar-refractivity contribution in [2.45, 2.75) is 37.1 Å². The Morgan fingerprint density at radius 2 is 1.95 bits per heavy atom. The molecule has 21 heavy (non-hydrogen) atoms. The summed E-state index contributed by atoms with van der Waals surface area (Å²) in [6.07, 6.45) is 4.52. The molecule has 0 bridgehead atoms. The molecule has 1 N–H and O–H groups in total. The summed E-state index contributed by atoms with van der Waals surface area (Å²) in [4.78, 5) is 4.29. The van der Waals surface area contributed by atoms with E-state index in [9.17, 15) is 8.42 Å². The van der Waals surface area contributed by atoms with Gasteiger partial charge in [-0.3, -0.25) is 4.98 Å². The molecule has 1 heterocycles. The maximum atomic E-state index is 12.7. The van der Waals surface area contributed by atoms with Crippen LogP contribution < -0.4 is 4.72 Å². The molecule has 0 amide bonds. The quantitative estimate of drug-likeness (QED) is 0.828. The molecule has 0 saturated heterocycles. The standard InChI is InChI=1S/C15H19ClN2O2S/c1-3-15(4-2,11-16)18-21(19,20)14-7-5-6-12-10-17-9-8-13(12)14/h5-10,18H,3-4,11H2,1-2H3. The molecule has 0 saturated carbocycles. The van der Waals surface area contributed by atoms with E-state index in [4.69, 9.17) is 11.6 Å². The van der Waals surface area contributed by atoms with Gasteiger partial charge in [-0.1, -0.05) is 26.0 Å². The Balaban J connectivity index is 2.52. The summed E-state index contributed by atoms with van der Waals surface area (Å²) in [6.45, 7) is 3.86. The highest BCUT2D eigenvalue weighted by molar-refractivity contribution is 7.89. The van der Waals surface area contributed by atoms with Crippen molar-refractivity contribution in [1.82, 2.24) is 9.71 Å². The highest BCUT2D eigenvalue weighted by atomic mass is 35.5. The topological polar surface area (TPSA) is 59.1 Å². The van der Waals surface area contributed by atoms with Crippen molar-refractivity contribution in [3.63, 3.8) is 0 Å². The van der Waals surface area contributed by atoms with Gasteiger partial charge in [-0.2, -0.15) is 0 Å². The SMILES string of the molecule is CCC(CC)(CCl)NS(=O)(=O)c1cccc2cnccc12. The van der Waals surface area contributed by atoms with Gasteiger partial charge < -0.3 is 0 Å². The minimum atomic E-state index is -3.64. The third-order valence-corrected chi connectivity index (χ3v) is 6.04. The summed E-state index contributed by atoms with van der Waals surface area (Å²) in [5, 5.41) is 1.46. The van der Waals surface area contributed by atoms with E-state index in [1.807, 2.05) is 19.9 Å². The molecule has 1 aromatic heterocycles. The van der Waals surface area contributed by atoms with Crippen LogP contribution in [0.15, 0.2) is 41.6 Å². The summed E-state index contributed by atoms with van der Waals surface area (Å²) in [5.41, 5.74) is -0.615. The number of nitrogens with zero attached hydrogens (tertiary/aromatic N) is 1. The zero-order chi connectivity index (χ0) is 15.5. The van der Waals surface area contributed by atoms with Crippen molar-refractivity contribution in [2.75, 3.05) is 5.88 Å². The van der Waals surface area contributed by atoms with Crippen molar-refractivity contribution in [3.05, 3.63) is 36.7 Å². The molecule has 2 rings (SSSR count).